The highest BCUT2D eigenvalue weighted by Gasteiger charge is 2.14. The van der Waals surface area contributed by atoms with E-state index >= 15 is 0 Å². The molecule has 0 fully saturated rings. The molecular formula is C15H14ClNO3. The number of benzene rings is 1. The van der Waals surface area contributed by atoms with Crippen molar-refractivity contribution in [2.45, 2.75) is 20.8 Å². The lowest BCUT2D eigenvalue weighted by molar-refractivity contribution is 0.0693. The number of hydrogen-bond donors (Lipinski definition) is 1. The molecule has 0 aliphatic rings. The molecule has 4 nitrogen and oxygen atoms in total. The highest BCUT2D eigenvalue weighted by Crippen LogP contribution is 2.30. The molecule has 1 N–H and O–H groups in total. The Morgan fingerprint density at radius 3 is 2.35 bits per heavy atom. The van der Waals surface area contributed by atoms with Crippen molar-refractivity contribution in [1.82, 2.24) is 4.98 Å². The van der Waals surface area contributed by atoms with E-state index in [9.17, 15) is 4.79 Å². The summed E-state index contributed by atoms with van der Waals surface area (Å²) in [6.07, 6.45) is 0. The van der Waals surface area contributed by atoms with Crippen molar-refractivity contribution in [1.29, 1.82) is 0 Å². The van der Waals surface area contributed by atoms with E-state index in [1.807, 2.05) is 13.8 Å². The Balaban J connectivity index is 2.44. The fourth-order valence-corrected chi connectivity index (χ4v) is 1.96. The summed E-state index contributed by atoms with van der Waals surface area (Å²) in [5.74, 6) is -0.474. The molecule has 0 aliphatic heterocycles. The minimum Gasteiger partial charge on any atom is -0.477 e. The number of carboxylic acid groups (broad SMARTS) is 1. The molecule has 1 aromatic heterocycles. The smallest absolute Gasteiger partial charge is 0.341 e. The molecule has 0 atom stereocenters. The molecule has 0 saturated heterocycles. The van der Waals surface area contributed by atoms with E-state index in [1.165, 1.54) is 6.07 Å². The predicted octanol–water partition coefficient (Wildman–Crippen LogP) is 4.15. The second-order valence-corrected chi connectivity index (χ2v) is 4.96. The second-order valence-electron chi connectivity index (χ2n) is 4.58. The van der Waals surface area contributed by atoms with E-state index in [-0.39, 0.29) is 11.4 Å². The van der Waals surface area contributed by atoms with Crippen molar-refractivity contribution in [2.24, 2.45) is 0 Å². The molecule has 1 heterocycles. The van der Waals surface area contributed by atoms with Gasteiger partial charge in [-0.3, -0.25) is 0 Å². The third-order valence-corrected chi connectivity index (χ3v) is 3.45. The van der Waals surface area contributed by atoms with Gasteiger partial charge in [-0.25, -0.2) is 9.78 Å². The predicted molar refractivity (Wildman–Crippen MR) is 76.9 cm³/mol. The second kappa shape index (κ2) is 5.51. The summed E-state index contributed by atoms with van der Waals surface area (Å²) in [6, 6.07) is 6.63. The number of ether oxygens (including phenoxy) is 1. The van der Waals surface area contributed by atoms with Gasteiger partial charge >= 0.3 is 5.97 Å². The Bertz CT molecular complexity index is 660. The van der Waals surface area contributed by atoms with Crippen LogP contribution in [0.15, 0.2) is 24.3 Å². The van der Waals surface area contributed by atoms with Crippen molar-refractivity contribution < 1.29 is 14.6 Å². The number of aromatic nitrogens is 1. The molecule has 5 heteroatoms. The van der Waals surface area contributed by atoms with Gasteiger partial charge in [0.2, 0.25) is 5.88 Å². The van der Waals surface area contributed by atoms with Gasteiger partial charge < -0.3 is 9.84 Å². The normalized spacial score (nSPS) is 10.4. The summed E-state index contributed by atoms with van der Waals surface area (Å²) in [7, 11) is 0. The molecule has 0 saturated carbocycles. The summed E-state index contributed by atoms with van der Waals surface area (Å²) in [5.41, 5.74) is 2.45. The zero-order valence-corrected chi connectivity index (χ0v) is 12.2. The summed E-state index contributed by atoms with van der Waals surface area (Å²) < 4.78 is 5.62. The van der Waals surface area contributed by atoms with Gasteiger partial charge in [0.1, 0.15) is 11.3 Å². The third kappa shape index (κ3) is 2.91. The summed E-state index contributed by atoms with van der Waals surface area (Å²) in [6.45, 7) is 5.50. The van der Waals surface area contributed by atoms with E-state index in [2.05, 4.69) is 4.98 Å². The molecule has 0 radical (unpaired) electrons. The van der Waals surface area contributed by atoms with E-state index in [0.29, 0.717) is 16.5 Å². The van der Waals surface area contributed by atoms with Crippen molar-refractivity contribution >= 4 is 17.6 Å². The van der Waals surface area contributed by atoms with Crippen LogP contribution in [0.2, 0.25) is 5.02 Å². The number of rotatable bonds is 3. The first-order chi connectivity index (χ1) is 9.38. The Hall–Kier alpha value is -2.07. The van der Waals surface area contributed by atoms with E-state index < -0.39 is 5.97 Å². The molecule has 0 unspecified atom stereocenters. The van der Waals surface area contributed by atoms with Gasteiger partial charge in [0.15, 0.2) is 0 Å². The van der Waals surface area contributed by atoms with Crippen molar-refractivity contribution in [3.05, 3.63) is 51.7 Å². The molecule has 2 aromatic rings. The van der Waals surface area contributed by atoms with Crippen LogP contribution in [-0.4, -0.2) is 16.1 Å². The Morgan fingerprint density at radius 2 is 1.80 bits per heavy atom. The number of aromatic carboxylic acids is 1. The molecule has 20 heavy (non-hydrogen) atoms. The van der Waals surface area contributed by atoms with Gasteiger partial charge in [0, 0.05) is 10.7 Å². The number of carbonyl (C=O) groups is 1. The number of aryl methyl sites for hydroxylation is 3. The molecular weight excluding hydrogens is 278 g/mol. The fourth-order valence-electron chi connectivity index (χ4n) is 1.85. The lowest BCUT2D eigenvalue weighted by Gasteiger charge is -2.11. The summed E-state index contributed by atoms with van der Waals surface area (Å²) in [5, 5.41) is 9.82. The van der Waals surface area contributed by atoms with Crippen LogP contribution < -0.4 is 4.74 Å². The summed E-state index contributed by atoms with van der Waals surface area (Å²) in [4.78, 5) is 15.3. The Labute approximate surface area is 122 Å². The van der Waals surface area contributed by atoms with Crippen LogP contribution in [0.5, 0.6) is 11.6 Å². The molecule has 0 aliphatic carbocycles. The highest BCUT2D eigenvalue weighted by atomic mass is 35.5. The van der Waals surface area contributed by atoms with E-state index in [0.717, 1.165) is 11.1 Å². The van der Waals surface area contributed by atoms with Crippen molar-refractivity contribution in [2.75, 3.05) is 0 Å². The average Bonchev–Trinajstić information content (AvgIpc) is 2.35. The zero-order valence-electron chi connectivity index (χ0n) is 11.4. The lowest BCUT2D eigenvalue weighted by atomic mass is 10.1. The number of nitrogens with zero attached hydrogens (tertiary/aromatic N) is 1. The maximum Gasteiger partial charge on any atom is 0.341 e. The first kappa shape index (κ1) is 14.3. The van der Waals surface area contributed by atoms with Crippen LogP contribution in [0.1, 0.15) is 27.2 Å². The van der Waals surface area contributed by atoms with E-state index in [4.69, 9.17) is 21.4 Å². The third-order valence-electron chi connectivity index (χ3n) is 2.85. The van der Waals surface area contributed by atoms with Gasteiger partial charge in [0.05, 0.1) is 0 Å². The maximum absolute atomic E-state index is 11.2. The van der Waals surface area contributed by atoms with Gasteiger partial charge in [0.25, 0.3) is 0 Å². The van der Waals surface area contributed by atoms with Gasteiger partial charge in [-0.05, 0) is 56.2 Å². The average molecular weight is 292 g/mol. The van der Waals surface area contributed by atoms with Crippen LogP contribution in [0.4, 0.5) is 0 Å². The van der Waals surface area contributed by atoms with Crippen LogP contribution in [-0.2, 0) is 0 Å². The summed E-state index contributed by atoms with van der Waals surface area (Å²) >= 11 is 6.09. The van der Waals surface area contributed by atoms with Crippen LogP contribution in [0.25, 0.3) is 0 Å². The number of halogens is 1. The van der Waals surface area contributed by atoms with Crippen molar-refractivity contribution in [3.8, 4) is 11.6 Å². The molecule has 0 amide bonds. The SMILES string of the molecule is Cc1ccc(C(=O)O)c(Oc2cc(C)c(Cl)c(C)c2)n1. The molecule has 2 rings (SSSR count). The minimum atomic E-state index is -1.07. The fraction of sp³-hybridized carbons (Fsp3) is 0.200. The topological polar surface area (TPSA) is 59.4 Å². The van der Waals surface area contributed by atoms with Crippen LogP contribution in [0, 0.1) is 20.8 Å². The van der Waals surface area contributed by atoms with Gasteiger partial charge in [-0.1, -0.05) is 11.6 Å². The highest BCUT2D eigenvalue weighted by molar-refractivity contribution is 6.32. The maximum atomic E-state index is 11.2. The monoisotopic (exact) mass is 291 g/mol. The van der Waals surface area contributed by atoms with Crippen molar-refractivity contribution in [3.63, 3.8) is 0 Å². The molecule has 0 bridgehead atoms. The first-order valence-corrected chi connectivity index (χ1v) is 6.42. The molecule has 1 aromatic carbocycles. The lowest BCUT2D eigenvalue weighted by Crippen LogP contribution is -2.03. The quantitative estimate of drug-likeness (QED) is 0.923. The number of hydrogen-bond acceptors (Lipinski definition) is 3. The van der Waals surface area contributed by atoms with E-state index in [1.54, 1.807) is 25.1 Å². The number of carboxylic acids is 1. The largest absolute Gasteiger partial charge is 0.477 e. The van der Waals surface area contributed by atoms with Gasteiger partial charge in [-0.15, -0.1) is 0 Å². The Morgan fingerprint density at radius 1 is 1.20 bits per heavy atom. The van der Waals surface area contributed by atoms with Crippen LogP contribution in [0.3, 0.4) is 0 Å². The standard InChI is InChI=1S/C15H14ClNO3/c1-8-6-11(7-9(2)13(8)16)20-14-12(15(18)19)5-4-10(3)17-14/h4-7H,1-3H3,(H,18,19). The van der Waals surface area contributed by atoms with Crippen LogP contribution >= 0.6 is 11.6 Å². The minimum absolute atomic E-state index is 0.0286. The zero-order chi connectivity index (χ0) is 14.9. The molecule has 104 valence electrons. The molecule has 0 spiro atoms. The Kier molecular flexibility index (Phi) is 3.95. The van der Waals surface area contributed by atoms with Gasteiger partial charge in [-0.2, -0.15) is 0 Å². The number of pyridine rings is 1. The first-order valence-electron chi connectivity index (χ1n) is 6.04.